The van der Waals surface area contributed by atoms with E-state index in [1.54, 1.807) is 0 Å². The van der Waals surface area contributed by atoms with E-state index in [1.807, 2.05) is 0 Å². The van der Waals surface area contributed by atoms with Crippen molar-refractivity contribution in [2.24, 2.45) is 44.4 Å². The number of primary amides is 1. The Kier molecular flexibility index (Phi) is 16.0. The van der Waals surface area contributed by atoms with Crippen molar-refractivity contribution >= 4 is 41.5 Å². The highest BCUT2D eigenvalue weighted by molar-refractivity contribution is 5.94. The second-order valence-electron chi connectivity index (χ2n) is 9.90. The summed E-state index contributed by atoms with van der Waals surface area (Å²) in [5, 5.41) is 26.6. The van der Waals surface area contributed by atoms with Gasteiger partial charge in [0.05, 0.1) is 6.04 Å². The molecule has 0 spiro atoms. The molecule has 4 amide bonds. The average molecular weight is 622 g/mol. The zero-order chi connectivity index (χ0) is 33.2. The van der Waals surface area contributed by atoms with Gasteiger partial charge < -0.3 is 60.6 Å². The Bertz CT molecular complexity index is 1180. The van der Waals surface area contributed by atoms with Crippen molar-refractivity contribution in [1.82, 2.24) is 16.0 Å². The van der Waals surface area contributed by atoms with E-state index in [-0.39, 0.29) is 69.3 Å². The molecule has 244 valence electrons. The van der Waals surface area contributed by atoms with Crippen molar-refractivity contribution in [3.05, 3.63) is 29.8 Å². The number of aromatic hydroxyl groups is 1. The maximum atomic E-state index is 13.3. The Morgan fingerprint density at radius 1 is 0.705 bits per heavy atom. The average Bonchev–Trinajstić information content (AvgIpc) is 2.94. The minimum Gasteiger partial charge on any atom is -0.508 e. The van der Waals surface area contributed by atoms with Gasteiger partial charge in [-0.1, -0.05) is 12.1 Å². The summed E-state index contributed by atoms with van der Waals surface area (Å²) in [6, 6.07) is 0.749. The number of aliphatic carboxylic acids is 1. The molecular formula is C26H43N11O7. The predicted octanol–water partition coefficient (Wildman–Crippen LogP) is -3.83. The number of guanidine groups is 2. The third kappa shape index (κ3) is 15.2. The van der Waals surface area contributed by atoms with Crippen molar-refractivity contribution in [3.8, 4) is 5.75 Å². The molecule has 4 unspecified atom stereocenters. The second kappa shape index (κ2) is 19.1. The number of hydrogen-bond donors (Lipinski definition) is 11. The molecule has 1 aromatic carbocycles. The molecule has 0 radical (unpaired) electrons. The molecule has 18 nitrogen and oxygen atoms in total. The van der Waals surface area contributed by atoms with Gasteiger partial charge in [0, 0.05) is 25.9 Å². The van der Waals surface area contributed by atoms with Crippen LogP contribution in [-0.4, -0.2) is 89.0 Å². The van der Waals surface area contributed by atoms with Crippen molar-refractivity contribution in [2.45, 2.75) is 69.1 Å². The van der Waals surface area contributed by atoms with Crippen LogP contribution in [0.15, 0.2) is 34.3 Å². The summed E-state index contributed by atoms with van der Waals surface area (Å²) in [4.78, 5) is 70.3. The van der Waals surface area contributed by atoms with Gasteiger partial charge in [-0.05, 0) is 49.8 Å². The fourth-order valence-corrected chi connectivity index (χ4v) is 3.87. The number of carbonyl (C=O) groups is 5. The number of phenolic OH excluding ortho intramolecular Hbond substituents is 1. The van der Waals surface area contributed by atoms with Crippen LogP contribution >= 0.6 is 0 Å². The summed E-state index contributed by atoms with van der Waals surface area (Å²) < 4.78 is 0. The molecule has 0 fully saturated rings. The predicted molar refractivity (Wildman–Crippen MR) is 161 cm³/mol. The number of amides is 4. The minimum atomic E-state index is -1.38. The Balaban J connectivity index is 3.08. The first-order valence-electron chi connectivity index (χ1n) is 13.8. The van der Waals surface area contributed by atoms with E-state index in [1.165, 1.54) is 24.3 Å². The number of nitrogens with two attached hydrogens (primary N) is 6. The Labute approximate surface area is 254 Å². The van der Waals surface area contributed by atoms with E-state index in [0.29, 0.717) is 12.0 Å². The monoisotopic (exact) mass is 621 g/mol. The third-order valence-corrected chi connectivity index (χ3v) is 6.19. The smallest absolute Gasteiger partial charge is 0.326 e. The van der Waals surface area contributed by atoms with Gasteiger partial charge >= 0.3 is 5.97 Å². The van der Waals surface area contributed by atoms with Crippen molar-refractivity contribution in [1.29, 1.82) is 0 Å². The number of nitrogens with one attached hydrogen (secondary N) is 3. The number of aliphatic imine (C=N–C) groups is 2. The Morgan fingerprint density at radius 3 is 1.68 bits per heavy atom. The van der Waals surface area contributed by atoms with Gasteiger partial charge in [0.1, 0.15) is 23.9 Å². The van der Waals surface area contributed by atoms with Crippen molar-refractivity contribution in [2.75, 3.05) is 13.1 Å². The zero-order valence-electron chi connectivity index (χ0n) is 24.3. The fourth-order valence-electron chi connectivity index (χ4n) is 3.87. The molecule has 4 atom stereocenters. The number of phenols is 1. The summed E-state index contributed by atoms with van der Waals surface area (Å²) in [7, 11) is 0. The lowest BCUT2D eigenvalue weighted by atomic mass is 10.0. The SMILES string of the molecule is NC(=O)CCC(NC(=O)C(N)CCCN=C(N)N)C(=O)NC(CCCN=C(N)N)C(=O)NC(Cc1ccc(O)cc1)C(=O)O. The Hall–Kier alpha value is -5.13. The quantitative estimate of drug-likeness (QED) is 0.0379. The van der Waals surface area contributed by atoms with Crippen LogP contribution in [0.1, 0.15) is 44.1 Å². The van der Waals surface area contributed by atoms with Crippen LogP contribution in [-0.2, 0) is 30.4 Å². The molecule has 0 aliphatic rings. The highest BCUT2D eigenvalue weighted by atomic mass is 16.4. The maximum Gasteiger partial charge on any atom is 0.326 e. The first-order valence-corrected chi connectivity index (χ1v) is 13.8. The summed E-state index contributed by atoms with van der Waals surface area (Å²) in [6.45, 7) is 0.337. The lowest BCUT2D eigenvalue weighted by molar-refractivity contribution is -0.142. The van der Waals surface area contributed by atoms with Gasteiger partial charge in [0.25, 0.3) is 0 Å². The van der Waals surface area contributed by atoms with Gasteiger partial charge in [-0.25, -0.2) is 4.79 Å². The lowest BCUT2D eigenvalue weighted by Gasteiger charge is -2.25. The van der Waals surface area contributed by atoms with Crippen LogP contribution in [0.4, 0.5) is 0 Å². The largest absolute Gasteiger partial charge is 0.508 e. The standard InChI is InChI=1S/C26H43N11O7/c27-16(3-1-11-33-25(29)30)21(40)35-18(9-10-20(28)39)23(42)36-17(4-2-12-34-26(31)32)22(41)37-19(24(43)44)13-14-5-7-15(38)8-6-14/h5-8,16-19,38H,1-4,9-13,27H2,(H2,28,39)(H,35,40)(H,36,42)(H,37,41)(H,43,44)(H4,29,30,33)(H4,31,32,34). The van der Waals surface area contributed by atoms with E-state index >= 15 is 0 Å². The van der Waals surface area contributed by atoms with Crippen LogP contribution < -0.4 is 50.4 Å². The first kappa shape index (κ1) is 36.9. The molecular weight excluding hydrogens is 578 g/mol. The molecule has 0 bridgehead atoms. The highest BCUT2D eigenvalue weighted by Gasteiger charge is 2.30. The molecule has 0 saturated heterocycles. The number of benzene rings is 1. The van der Waals surface area contributed by atoms with Gasteiger partial charge in [0.2, 0.25) is 23.6 Å². The first-order chi connectivity index (χ1) is 20.7. The Morgan fingerprint density at radius 2 is 1.18 bits per heavy atom. The molecule has 1 rings (SSSR count). The van der Waals surface area contributed by atoms with E-state index in [4.69, 9.17) is 34.4 Å². The van der Waals surface area contributed by atoms with Gasteiger partial charge in [-0.15, -0.1) is 0 Å². The van der Waals surface area contributed by atoms with E-state index in [9.17, 15) is 34.2 Å². The summed E-state index contributed by atoms with van der Waals surface area (Å²) in [5.74, 6) is -4.74. The number of carbonyl (C=O) groups excluding carboxylic acids is 4. The molecule has 18 heteroatoms. The number of carboxylic acid groups (broad SMARTS) is 1. The number of rotatable bonds is 20. The summed E-state index contributed by atoms with van der Waals surface area (Å²) in [5.41, 5.74) is 32.9. The zero-order valence-corrected chi connectivity index (χ0v) is 24.3. The maximum absolute atomic E-state index is 13.3. The molecule has 44 heavy (non-hydrogen) atoms. The van der Waals surface area contributed by atoms with Gasteiger partial charge in [0.15, 0.2) is 11.9 Å². The van der Waals surface area contributed by atoms with E-state index < -0.39 is 53.8 Å². The highest BCUT2D eigenvalue weighted by Crippen LogP contribution is 2.12. The van der Waals surface area contributed by atoms with Crippen LogP contribution in [0.2, 0.25) is 0 Å². The van der Waals surface area contributed by atoms with Crippen LogP contribution in [0.3, 0.4) is 0 Å². The minimum absolute atomic E-state index is 0.0132. The van der Waals surface area contributed by atoms with E-state index in [2.05, 4.69) is 25.9 Å². The van der Waals surface area contributed by atoms with Crippen molar-refractivity contribution in [3.63, 3.8) is 0 Å². The van der Waals surface area contributed by atoms with Gasteiger partial charge in [-0.2, -0.15) is 0 Å². The third-order valence-electron chi connectivity index (χ3n) is 6.19. The molecule has 0 aliphatic heterocycles. The normalized spacial score (nSPS) is 13.3. The number of nitrogens with zero attached hydrogens (tertiary/aromatic N) is 2. The van der Waals surface area contributed by atoms with Crippen LogP contribution in [0, 0.1) is 0 Å². The molecule has 0 heterocycles. The molecule has 0 aromatic heterocycles. The van der Waals surface area contributed by atoms with Crippen LogP contribution in [0.5, 0.6) is 5.75 Å². The molecule has 1 aromatic rings. The summed E-state index contributed by atoms with van der Waals surface area (Å²) in [6.07, 6.45) is 0.166. The number of hydrogen-bond acceptors (Lipinski definition) is 9. The van der Waals surface area contributed by atoms with Crippen molar-refractivity contribution < 1.29 is 34.2 Å². The fraction of sp³-hybridized carbons (Fsp3) is 0.500. The second-order valence-corrected chi connectivity index (χ2v) is 9.90. The molecule has 0 saturated carbocycles. The van der Waals surface area contributed by atoms with Crippen LogP contribution in [0.25, 0.3) is 0 Å². The summed E-state index contributed by atoms with van der Waals surface area (Å²) >= 11 is 0. The molecule has 17 N–H and O–H groups in total. The van der Waals surface area contributed by atoms with E-state index in [0.717, 1.165) is 0 Å². The van der Waals surface area contributed by atoms with Gasteiger partial charge in [-0.3, -0.25) is 29.2 Å². The topological polar surface area (TPSA) is 343 Å². The lowest BCUT2D eigenvalue weighted by Crippen LogP contribution is -2.57. The number of carboxylic acids is 1. The molecule has 0 aliphatic carbocycles.